The van der Waals surface area contributed by atoms with E-state index in [9.17, 15) is 9.59 Å². The molecular weight excluding hydrogens is 310 g/mol. The van der Waals surface area contributed by atoms with Crippen LogP contribution in [0.5, 0.6) is 0 Å². The van der Waals surface area contributed by atoms with Crippen molar-refractivity contribution in [2.75, 3.05) is 12.3 Å². The van der Waals surface area contributed by atoms with Gasteiger partial charge in [-0.25, -0.2) is 0 Å². The van der Waals surface area contributed by atoms with E-state index in [1.807, 2.05) is 24.3 Å². The van der Waals surface area contributed by atoms with Crippen molar-refractivity contribution < 1.29 is 14.7 Å². The Morgan fingerprint density at radius 1 is 1.38 bits per heavy atom. The van der Waals surface area contributed by atoms with Crippen molar-refractivity contribution >= 4 is 35.2 Å². The highest BCUT2D eigenvalue weighted by atomic mass is 35.5. The molecule has 1 aromatic carbocycles. The molecule has 21 heavy (non-hydrogen) atoms. The standard InChI is InChI=1S/C15H20ClNO3S/c1-3-15(2,14(19)20)10-17-13(18)8-9-21-12-7-5-4-6-11(12)16/h4-7H,3,8-10H2,1-2H3,(H,17,18)(H,19,20). The molecule has 4 nitrogen and oxygen atoms in total. The summed E-state index contributed by atoms with van der Waals surface area (Å²) in [5, 5.41) is 12.5. The van der Waals surface area contributed by atoms with Gasteiger partial charge in [-0.1, -0.05) is 30.7 Å². The van der Waals surface area contributed by atoms with Crippen molar-refractivity contribution in [3.63, 3.8) is 0 Å². The minimum absolute atomic E-state index is 0.143. The minimum atomic E-state index is -0.911. The lowest BCUT2D eigenvalue weighted by atomic mass is 9.88. The maximum atomic E-state index is 11.8. The Bertz CT molecular complexity index is 509. The van der Waals surface area contributed by atoms with Crippen molar-refractivity contribution in [3.8, 4) is 0 Å². The first kappa shape index (κ1) is 17.9. The molecule has 116 valence electrons. The van der Waals surface area contributed by atoms with Gasteiger partial charge in [0.25, 0.3) is 0 Å². The number of halogens is 1. The molecule has 0 saturated heterocycles. The van der Waals surface area contributed by atoms with Gasteiger partial charge in [0.15, 0.2) is 0 Å². The van der Waals surface area contributed by atoms with Crippen LogP contribution in [0.2, 0.25) is 5.02 Å². The van der Waals surface area contributed by atoms with Crippen LogP contribution in [0.4, 0.5) is 0 Å². The maximum absolute atomic E-state index is 11.8. The van der Waals surface area contributed by atoms with Crippen molar-refractivity contribution in [2.45, 2.75) is 31.6 Å². The third kappa shape index (κ3) is 5.59. The summed E-state index contributed by atoms with van der Waals surface area (Å²) in [6, 6.07) is 7.47. The highest BCUT2D eigenvalue weighted by molar-refractivity contribution is 7.99. The van der Waals surface area contributed by atoms with Crippen LogP contribution in [0.15, 0.2) is 29.2 Å². The molecule has 1 amide bonds. The van der Waals surface area contributed by atoms with Crippen LogP contribution in [0, 0.1) is 5.41 Å². The van der Waals surface area contributed by atoms with E-state index in [0.29, 0.717) is 23.6 Å². The Morgan fingerprint density at radius 3 is 2.62 bits per heavy atom. The normalized spacial score (nSPS) is 13.5. The number of hydrogen-bond donors (Lipinski definition) is 2. The van der Waals surface area contributed by atoms with Crippen LogP contribution in [-0.4, -0.2) is 29.3 Å². The average Bonchev–Trinajstić information content (AvgIpc) is 2.46. The molecule has 0 bridgehead atoms. The lowest BCUT2D eigenvalue weighted by molar-refractivity contribution is -0.148. The van der Waals surface area contributed by atoms with Gasteiger partial charge in [-0.3, -0.25) is 9.59 Å². The van der Waals surface area contributed by atoms with Crippen molar-refractivity contribution in [1.82, 2.24) is 5.32 Å². The van der Waals surface area contributed by atoms with Crippen LogP contribution in [0.25, 0.3) is 0 Å². The van der Waals surface area contributed by atoms with Crippen LogP contribution in [0.3, 0.4) is 0 Å². The summed E-state index contributed by atoms with van der Waals surface area (Å²) in [6.45, 7) is 3.58. The first-order chi connectivity index (χ1) is 9.89. The number of carboxylic acid groups (broad SMARTS) is 1. The van der Waals surface area contributed by atoms with Crippen molar-refractivity contribution in [2.24, 2.45) is 5.41 Å². The van der Waals surface area contributed by atoms with E-state index in [2.05, 4.69) is 5.32 Å². The number of amides is 1. The van der Waals surface area contributed by atoms with Gasteiger partial charge in [0, 0.05) is 23.6 Å². The second-order valence-corrected chi connectivity index (χ2v) is 6.57. The van der Waals surface area contributed by atoms with Gasteiger partial charge in [-0.05, 0) is 25.5 Å². The van der Waals surface area contributed by atoms with Crippen LogP contribution in [0.1, 0.15) is 26.7 Å². The van der Waals surface area contributed by atoms with E-state index in [4.69, 9.17) is 16.7 Å². The number of thioether (sulfide) groups is 1. The Labute approximate surface area is 134 Å². The van der Waals surface area contributed by atoms with Crippen molar-refractivity contribution in [1.29, 1.82) is 0 Å². The number of nitrogens with one attached hydrogen (secondary N) is 1. The van der Waals surface area contributed by atoms with Gasteiger partial charge in [-0.15, -0.1) is 11.8 Å². The predicted molar refractivity (Wildman–Crippen MR) is 85.8 cm³/mol. The summed E-state index contributed by atoms with van der Waals surface area (Å²) in [4.78, 5) is 23.8. The van der Waals surface area contributed by atoms with Gasteiger partial charge in [0.1, 0.15) is 0 Å². The second-order valence-electron chi connectivity index (χ2n) is 5.02. The van der Waals surface area contributed by atoms with Gasteiger partial charge in [0.2, 0.25) is 5.91 Å². The zero-order valence-electron chi connectivity index (χ0n) is 12.2. The fourth-order valence-corrected chi connectivity index (χ4v) is 2.74. The number of benzene rings is 1. The molecule has 1 rings (SSSR count). The summed E-state index contributed by atoms with van der Waals surface area (Å²) >= 11 is 7.54. The number of hydrogen-bond acceptors (Lipinski definition) is 3. The van der Waals surface area contributed by atoms with Gasteiger partial charge in [0.05, 0.1) is 10.4 Å². The topological polar surface area (TPSA) is 66.4 Å². The molecular formula is C15H20ClNO3S. The smallest absolute Gasteiger partial charge is 0.311 e. The molecule has 0 saturated carbocycles. The molecule has 0 aliphatic heterocycles. The van der Waals surface area contributed by atoms with E-state index < -0.39 is 11.4 Å². The molecule has 0 fully saturated rings. The molecule has 0 aromatic heterocycles. The zero-order chi connectivity index (χ0) is 15.9. The summed E-state index contributed by atoms with van der Waals surface area (Å²) in [6.07, 6.45) is 0.798. The molecule has 0 heterocycles. The quantitative estimate of drug-likeness (QED) is 0.717. The zero-order valence-corrected chi connectivity index (χ0v) is 13.8. The molecule has 1 atom stereocenters. The molecule has 0 spiro atoms. The maximum Gasteiger partial charge on any atom is 0.311 e. The summed E-state index contributed by atoms with van der Waals surface area (Å²) in [5.74, 6) is -0.433. The molecule has 0 aliphatic rings. The van der Waals surface area contributed by atoms with Crippen molar-refractivity contribution in [3.05, 3.63) is 29.3 Å². The average molecular weight is 330 g/mol. The largest absolute Gasteiger partial charge is 0.481 e. The van der Waals surface area contributed by atoms with Gasteiger partial charge >= 0.3 is 5.97 Å². The molecule has 6 heteroatoms. The first-order valence-electron chi connectivity index (χ1n) is 6.76. The van der Waals surface area contributed by atoms with E-state index in [0.717, 1.165) is 4.90 Å². The first-order valence-corrected chi connectivity index (χ1v) is 8.13. The molecule has 0 radical (unpaired) electrons. The minimum Gasteiger partial charge on any atom is -0.481 e. The van der Waals surface area contributed by atoms with Crippen LogP contribution in [-0.2, 0) is 9.59 Å². The monoisotopic (exact) mass is 329 g/mol. The van der Waals surface area contributed by atoms with Gasteiger partial charge < -0.3 is 10.4 Å². The summed E-state index contributed by atoms with van der Waals surface area (Å²) in [5.41, 5.74) is -0.911. The lowest BCUT2D eigenvalue weighted by Crippen LogP contribution is -2.40. The number of rotatable bonds is 8. The predicted octanol–water partition coefficient (Wildman–Crippen LogP) is 3.44. The Morgan fingerprint density at radius 2 is 2.05 bits per heavy atom. The molecule has 0 aliphatic carbocycles. The highest BCUT2D eigenvalue weighted by Crippen LogP contribution is 2.27. The summed E-state index contributed by atoms with van der Waals surface area (Å²) < 4.78 is 0. The third-order valence-electron chi connectivity index (χ3n) is 3.40. The van der Waals surface area contributed by atoms with E-state index in [-0.39, 0.29) is 12.5 Å². The number of carboxylic acids is 1. The fourth-order valence-electron chi connectivity index (χ4n) is 1.55. The molecule has 1 aromatic rings. The second kappa shape index (κ2) is 8.29. The number of carbonyl (C=O) groups is 2. The Balaban J connectivity index is 2.35. The Kier molecular flexibility index (Phi) is 7.05. The SMILES string of the molecule is CCC(C)(CNC(=O)CCSc1ccccc1Cl)C(=O)O. The highest BCUT2D eigenvalue weighted by Gasteiger charge is 2.31. The van der Waals surface area contributed by atoms with E-state index >= 15 is 0 Å². The lowest BCUT2D eigenvalue weighted by Gasteiger charge is -2.23. The molecule has 1 unspecified atom stereocenters. The van der Waals surface area contributed by atoms with Crippen LogP contribution < -0.4 is 5.32 Å². The van der Waals surface area contributed by atoms with E-state index in [1.54, 1.807) is 13.8 Å². The van der Waals surface area contributed by atoms with Gasteiger partial charge in [-0.2, -0.15) is 0 Å². The summed E-state index contributed by atoms with van der Waals surface area (Å²) in [7, 11) is 0. The number of carbonyl (C=O) groups excluding carboxylic acids is 1. The Hall–Kier alpha value is -1.20. The molecule has 2 N–H and O–H groups in total. The van der Waals surface area contributed by atoms with E-state index in [1.165, 1.54) is 11.8 Å². The van der Waals surface area contributed by atoms with Crippen LogP contribution >= 0.6 is 23.4 Å². The number of aliphatic carboxylic acids is 1. The third-order valence-corrected chi connectivity index (χ3v) is 4.91. The fraction of sp³-hybridized carbons (Fsp3) is 0.467.